The molecule has 3 aromatic rings. The van der Waals surface area contributed by atoms with Crippen molar-refractivity contribution in [3.8, 4) is 0 Å². The van der Waals surface area contributed by atoms with Gasteiger partial charge < -0.3 is 19.5 Å². The van der Waals surface area contributed by atoms with E-state index < -0.39 is 0 Å². The summed E-state index contributed by atoms with van der Waals surface area (Å²) in [6.45, 7) is 5.86. The highest BCUT2D eigenvalue weighted by Crippen LogP contribution is 2.29. The Morgan fingerprint density at radius 2 is 2.19 bits per heavy atom. The van der Waals surface area contributed by atoms with Crippen LogP contribution in [0.25, 0.3) is 10.2 Å². The second-order valence-electron chi connectivity index (χ2n) is 6.34. The van der Waals surface area contributed by atoms with Gasteiger partial charge in [0.2, 0.25) is 6.41 Å². The molecule has 7 nitrogen and oxygen atoms in total. The first-order valence-electron chi connectivity index (χ1n) is 9.04. The number of aromatic nitrogens is 3. The van der Waals surface area contributed by atoms with Crippen LogP contribution in [0.2, 0.25) is 0 Å². The molecule has 0 spiro atoms. The van der Waals surface area contributed by atoms with Crippen molar-refractivity contribution in [1.29, 1.82) is 0 Å². The number of imidazole rings is 1. The first-order chi connectivity index (χ1) is 13.2. The van der Waals surface area contributed by atoms with Crippen molar-refractivity contribution >= 4 is 33.1 Å². The largest absolute Gasteiger partial charge is 0.378 e. The summed E-state index contributed by atoms with van der Waals surface area (Å²) in [6.07, 6.45) is 5.48. The highest BCUT2D eigenvalue weighted by molar-refractivity contribution is 7.22. The van der Waals surface area contributed by atoms with Crippen molar-refractivity contribution in [2.24, 2.45) is 0 Å². The van der Waals surface area contributed by atoms with E-state index in [1.165, 1.54) is 10.3 Å². The number of fused-ring (bicyclic) bond motifs is 1. The maximum Gasteiger partial charge on any atom is 0.209 e. The number of hydrogen-bond donors (Lipinski definition) is 1. The van der Waals surface area contributed by atoms with Crippen LogP contribution < -0.4 is 4.90 Å². The van der Waals surface area contributed by atoms with Crippen molar-refractivity contribution in [1.82, 2.24) is 19.9 Å². The molecule has 1 aromatic carbocycles. The Kier molecular flexibility index (Phi) is 6.78. The molecule has 1 aliphatic rings. The van der Waals surface area contributed by atoms with Crippen molar-refractivity contribution in [2.75, 3.05) is 38.3 Å². The van der Waals surface area contributed by atoms with Crippen LogP contribution in [-0.4, -0.2) is 59.6 Å². The molecule has 1 amide bonds. The molecule has 1 aliphatic heterocycles. The number of amides is 1. The first kappa shape index (κ1) is 19.3. The monoisotopic (exact) mass is 387 g/mol. The lowest BCUT2D eigenvalue weighted by Crippen LogP contribution is -2.34. The minimum atomic E-state index is 0.693. The Balaban J connectivity index is 0.000000221. The number of anilines is 1. The minimum absolute atomic E-state index is 0.693. The number of morpholine rings is 1. The lowest BCUT2D eigenvalue weighted by Gasteiger charge is -2.21. The van der Waals surface area contributed by atoms with Gasteiger partial charge in [0.15, 0.2) is 5.13 Å². The Labute approximate surface area is 163 Å². The van der Waals surface area contributed by atoms with E-state index >= 15 is 0 Å². The van der Waals surface area contributed by atoms with Crippen molar-refractivity contribution in [2.45, 2.75) is 19.9 Å². The average Bonchev–Trinajstić information content (AvgIpc) is 3.38. The van der Waals surface area contributed by atoms with Crippen molar-refractivity contribution in [3.63, 3.8) is 0 Å². The lowest BCUT2D eigenvalue weighted by atomic mass is 10.2. The maximum atomic E-state index is 10.0. The quantitative estimate of drug-likeness (QED) is 0.682. The van der Waals surface area contributed by atoms with Gasteiger partial charge in [0.05, 0.1) is 42.0 Å². The summed E-state index contributed by atoms with van der Waals surface area (Å²) in [5.74, 6) is 0. The number of aryl methyl sites for hydroxylation is 1. The van der Waals surface area contributed by atoms with Gasteiger partial charge in [-0.3, -0.25) is 4.79 Å². The van der Waals surface area contributed by atoms with Gasteiger partial charge in [0, 0.05) is 26.3 Å². The number of hydrogen-bond acceptors (Lipinski definition) is 6. The van der Waals surface area contributed by atoms with Crippen LogP contribution in [0.5, 0.6) is 0 Å². The van der Waals surface area contributed by atoms with E-state index in [-0.39, 0.29) is 0 Å². The van der Waals surface area contributed by atoms with E-state index in [9.17, 15) is 4.79 Å². The van der Waals surface area contributed by atoms with Gasteiger partial charge in [-0.1, -0.05) is 24.3 Å². The average molecular weight is 388 g/mol. The van der Waals surface area contributed by atoms with Gasteiger partial charge in [0.1, 0.15) is 0 Å². The zero-order chi connectivity index (χ0) is 19.1. The smallest absolute Gasteiger partial charge is 0.209 e. The third-order valence-corrected chi connectivity index (χ3v) is 5.47. The first-order valence-corrected chi connectivity index (χ1v) is 9.86. The number of aromatic amines is 1. The normalized spacial score (nSPS) is 13.9. The number of H-pyrrole nitrogens is 1. The number of carbonyl (C=O) groups excluding carboxylic acids is 1. The third kappa shape index (κ3) is 5.27. The third-order valence-electron chi connectivity index (χ3n) is 4.33. The highest BCUT2D eigenvalue weighted by atomic mass is 32.1. The minimum Gasteiger partial charge on any atom is -0.378 e. The number of rotatable bonds is 5. The zero-order valence-electron chi connectivity index (χ0n) is 15.7. The van der Waals surface area contributed by atoms with Crippen molar-refractivity contribution in [3.05, 3.63) is 42.0 Å². The number of ether oxygens (including phenoxy) is 1. The van der Waals surface area contributed by atoms with Crippen LogP contribution in [0.15, 0.2) is 30.7 Å². The number of carbonyl (C=O) groups is 1. The molecule has 2 aromatic heterocycles. The standard InChI is InChI=1S/C14H16N4S.C5H9NO2/c1-3-10-4-5-12-13(6-10)19-14(17-12)18(2)8-11-7-15-9-16-11;7-5-6-1-3-8-4-2-6/h4-7,9H,3,8H2,1-2H3,(H,15,16);5H,1-4H2. The Hall–Kier alpha value is -2.45. The summed E-state index contributed by atoms with van der Waals surface area (Å²) in [6, 6.07) is 6.50. The molecule has 8 heteroatoms. The van der Waals surface area contributed by atoms with E-state index in [1.807, 2.05) is 6.20 Å². The summed E-state index contributed by atoms with van der Waals surface area (Å²) in [4.78, 5) is 25.7. The van der Waals surface area contributed by atoms with Gasteiger partial charge >= 0.3 is 0 Å². The van der Waals surface area contributed by atoms with E-state index in [1.54, 1.807) is 22.6 Å². The lowest BCUT2D eigenvalue weighted by molar-refractivity contribution is -0.121. The number of thiazole rings is 1. The second-order valence-corrected chi connectivity index (χ2v) is 7.35. The van der Waals surface area contributed by atoms with Gasteiger partial charge in [-0.15, -0.1) is 0 Å². The predicted molar refractivity (Wildman–Crippen MR) is 108 cm³/mol. The van der Waals surface area contributed by atoms with E-state index in [4.69, 9.17) is 4.74 Å². The Morgan fingerprint density at radius 1 is 1.37 bits per heavy atom. The number of nitrogens with zero attached hydrogens (tertiary/aromatic N) is 4. The van der Waals surface area contributed by atoms with Crippen LogP contribution in [0.3, 0.4) is 0 Å². The molecule has 0 unspecified atom stereocenters. The molecule has 144 valence electrons. The summed E-state index contributed by atoms with van der Waals surface area (Å²) >= 11 is 1.74. The van der Waals surface area contributed by atoms with Gasteiger partial charge in [-0.25, -0.2) is 9.97 Å². The Morgan fingerprint density at radius 3 is 2.81 bits per heavy atom. The van der Waals surface area contributed by atoms with Crippen LogP contribution in [0.1, 0.15) is 18.2 Å². The van der Waals surface area contributed by atoms with Gasteiger partial charge in [-0.05, 0) is 24.1 Å². The Bertz CT molecular complexity index is 843. The maximum absolute atomic E-state index is 10.0. The van der Waals surface area contributed by atoms with E-state index in [2.05, 4.69) is 52.0 Å². The predicted octanol–water partition coefficient (Wildman–Crippen LogP) is 2.69. The molecule has 1 saturated heterocycles. The molecule has 0 radical (unpaired) electrons. The summed E-state index contributed by atoms with van der Waals surface area (Å²) < 4.78 is 6.26. The molecule has 1 N–H and O–H groups in total. The SMILES string of the molecule is CCc1ccc2nc(N(C)Cc3cnc[nH]3)sc2c1.O=CN1CCOCC1. The van der Waals surface area contributed by atoms with Crippen molar-refractivity contribution < 1.29 is 9.53 Å². The molecular formula is C19H25N5O2S. The highest BCUT2D eigenvalue weighted by Gasteiger charge is 2.10. The molecule has 0 saturated carbocycles. The topological polar surface area (TPSA) is 74.4 Å². The molecule has 0 bridgehead atoms. The summed E-state index contributed by atoms with van der Waals surface area (Å²) in [5, 5.41) is 1.04. The second kappa shape index (κ2) is 9.48. The molecule has 3 heterocycles. The van der Waals surface area contributed by atoms with Gasteiger partial charge in [0.25, 0.3) is 0 Å². The fourth-order valence-corrected chi connectivity index (χ4v) is 3.71. The van der Waals surface area contributed by atoms with E-state index in [0.717, 1.165) is 48.8 Å². The molecule has 0 atom stereocenters. The fraction of sp³-hybridized carbons (Fsp3) is 0.421. The molecule has 1 fully saturated rings. The zero-order valence-corrected chi connectivity index (χ0v) is 16.5. The van der Waals surface area contributed by atoms with Crippen LogP contribution in [0.4, 0.5) is 5.13 Å². The van der Waals surface area contributed by atoms with Crippen LogP contribution in [-0.2, 0) is 22.5 Å². The van der Waals surface area contributed by atoms with Crippen LogP contribution >= 0.6 is 11.3 Å². The molecular weight excluding hydrogens is 362 g/mol. The number of benzene rings is 1. The van der Waals surface area contributed by atoms with Crippen LogP contribution in [0, 0.1) is 0 Å². The molecule has 0 aliphatic carbocycles. The van der Waals surface area contributed by atoms with E-state index in [0.29, 0.717) is 13.2 Å². The fourth-order valence-electron chi connectivity index (χ4n) is 2.72. The molecule has 27 heavy (non-hydrogen) atoms. The summed E-state index contributed by atoms with van der Waals surface area (Å²) in [7, 11) is 2.05. The summed E-state index contributed by atoms with van der Waals surface area (Å²) in [5.41, 5.74) is 3.53. The number of nitrogens with one attached hydrogen (secondary N) is 1. The molecule has 4 rings (SSSR count). The van der Waals surface area contributed by atoms with Gasteiger partial charge in [-0.2, -0.15) is 0 Å².